The Bertz CT molecular complexity index is 2650. The van der Waals surface area contributed by atoms with Crippen molar-refractivity contribution in [3.63, 3.8) is 0 Å². The van der Waals surface area contributed by atoms with E-state index in [0.29, 0.717) is 56.7 Å². The molecule has 318 valence electrons. The van der Waals surface area contributed by atoms with Gasteiger partial charge in [0.25, 0.3) is 24.1 Å². The Kier molecular flexibility index (Phi) is 9.82. The molecule has 0 bridgehead atoms. The van der Waals surface area contributed by atoms with Crippen LogP contribution in [0, 0.1) is 11.6 Å². The van der Waals surface area contributed by atoms with Crippen LogP contribution in [-0.2, 0) is 29.1 Å². The topological polar surface area (TPSA) is 139 Å². The summed E-state index contributed by atoms with van der Waals surface area (Å²) in [5, 5.41) is 3.11. The number of pyridine rings is 1. The molecular weight excluding hydrogens is 807 g/mol. The van der Waals surface area contributed by atoms with Gasteiger partial charge >= 0.3 is 0 Å². The molecule has 62 heavy (non-hydrogen) atoms. The highest BCUT2D eigenvalue weighted by Crippen LogP contribution is 2.43. The molecule has 0 spiro atoms. The molecule has 2 aromatic heterocycles. The van der Waals surface area contributed by atoms with Gasteiger partial charge in [0.05, 0.1) is 23.7 Å². The van der Waals surface area contributed by atoms with E-state index >= 15 is 8.78 Å². The van der Waals surface area contributed by atoms with E-state index in [1.165, 1.54) is 29.3 Å². The Morgan fingerprint density at radius 1 is 0.871 bits per heavy atom. The van der Waals surface area contributed by atoms with Crippen molar-refractivity contribution in [3.8, 4) is 11.1 Å². The highest BCUT2D eigenvalue weighted by atomic mass is 19.3. The van der Waals surface area contributed by atoms with Crippen molar-refractivity contribution < 1.29 is 41.5 Å². The SMILES string of the molecule is C[C@@H]1Cc2c([nH]c3ccccc23)C(c2c(F)cc(-c3ccc(C(=O)N4CCC(N5Cc6cc7c(cc6C5)C(=O)N(C5CCC(=O)NC5=O)C7=O)CC4)nc3)cc2F)N1CC(F)F. The molecule has 0 radical (unpaired) electrons. The molecule has 3 aromatic carbocycles. The molecule has 7 heterocycles. The van der Waals surface area contributed by atoms with Gasteiger partial charge in [-0.05, 0) is 91.3 Å². The molecule has 3 atom stereocenters. The number of benzene rings is 3. The minimum Gasteiger partial charge on any atom is -0.357 e. The van der Waals surface area contributed by atoms with Gasteiger partial charge < -0.3 is 9.88 Å². The Morgan fingerprint density at radius 3 is 2.18 bits per heavy atom. The Hall–Kier alpha value is -6.26. The third-order valence-electron chi connectivity index (χ3n) is 13.3. The second-order valence-electron chi connectivity index (χ2n) is 16.9. The minimum atomic E-state index is -2.72. The van der Waals surface area contributed by atoms with E-state index in [-0.39, 0.29) is 52.7 Å². The molecule has 5 aliphatic heterocycles. The van der Waals surface area contributed by atoms with Crippen LogP contribution in [0.2, 0.25) is 0 Å². The summed E-state index contributed by atoms with van der Waals surface area (Å²) in [4.78, 5) is 78.5. The van der Waals surface area contributed by atoms with Gasteiger partial charge in [-0.25, -0.2) is 17.6 Å². The summed E-state index contributed by atoms with van der Waals surface area (Å²) in [6, 6.07) is 14.0. The maximum atomic E-state index is 16.2. The fourth-order valence-corrected chi connectivity index (χ4v) is 10.2. The van der Waals surface area contributed by atoms with Crippen LogP contribution in [0.25, 0.3) is 22.0 Å². The minimum absolute atomic E-state index is 0.0492. The maximum absolute atomic E-state index is 16.2. The average Bonchev–Trinajstić information content (AvgIpc) is 3.92. The lowest BCUT2D eigenvalue weighted by Crippen LogP contribution is -2.54. The van der Waals surface area contributed by atoms with Gasteiger partial charge in [-0.1, -0.05) is 24.3 Å². The number of rotatable bonds is 7. The van der Waals surface area contributed by atoms with Gasteiger partial charge in [0.15, 0.2) is 0 Å². The lowest BCUT2D eigenvalue weighted by Gasteiger charge is -2.41. The molecule has 0 saturated carbocycles. The number of carbonyl (C=O) groups excluding carboxylic acids is 5. The number of nitrogens with one attached hydrogen (secondary N) is 2. The smallest absolute Gasteiger partial charge is 0.272 e. The quantitative estimate of drug-likeness (QED) is 0.148. The van der Waals surface area contributed by atoms with Gasteiger partial charge in [-0.2, -0.15) is 0 Å². The summed E-state index contributed by atoms with van der Waals surface area (Å²) in [7, 11) is 0. The van der Waals surface area contributed by atoms with Gasteiger partial charge in [0.2, 0.25) is 11.8 Å². The zero-order chi connectivity index (χ0) is 43.1. The first-order chi connectivity index (χ1) is 29.8. The molecule has 5 aliphatic rings. The first-order valence-electron chi connectivity index (χ1n) is 20.8. The molecule has 5 aromatic rings. The summed E-state index contributed by atoms with van der Waals surface area (Å²) in [5.41, 5.74) is 4.90. The lowest BCUT2D eigenvalue weighted by molar-refractivity contribution is -0.136. The number of alkyl halides is 2. The van der Waals surface area contributed by atoms with Crippen LogP contribution in [0.5, 0.6) is 0 Å². The number of aromatic nitrogens is 2. The number of hydrogen-bond donors (Lipinski definition) is 2. The van der Waals surface area contributed by atoms with Crippen LogP contribution in [0.3, 0.4) is 0 Å². The average molecular weight is 848 g/mol. The number of amides is 5. The zero-order valence-corrected chi connectivity index (χ0v) is 33.6. The monoisotopic (exact) mass is 847 g/mol. The van der Waals surface area contributed by atoms with Crippen molar-refractivity contribution in [3.05, 3.63) is 123 Å². The summed E-state index contributed by atoms with van der Waals surface area (Å²) in [5.74, 6) is -4.20. The standard InChI is InChI=1S/C46H41F4N7O5/c1-23-14-30-29-4-2-3-5-35(29)52-41(30)42(56(23)22-38(49)50)40-33(47)17-25(18-34(40)48)24-6-7-36(51-19-24)46(62)54-12-10-28(11-13-54)55-20-26-15-31-32(16-27(26)21-55)45(61)57(44(31)60)37-8-9-39(58)53-43(37)59/h2-7,15-19,23,28,37-38,42,52H,8-14,20-22H2,1H3,(H,53,58,59)/t23-,37?,42?/m1/s1. The highest BCUT2D eigenvalue weighted by Gasteiger charge is 2.46. The van der Waals surface area contributed by atoms with E-state index in [9.17, 15) is 32.8 Å². The van der Waals surface area contributed by atoms with Crippen LogP contribution in [0.15, 0.2) is 66.9 Å². The van der Waals surface area contributed by atoms with Crippen molar-refractivity contribution >= 4 is 40.4 Å². The number of nitrogens with zero attached hydrogens (tertiary/aromatic N) is 5. The molecule has 2 unspecified atom stereocenters. The molecular formula is C46H41F4N7O5. The van der Waals surface area contributed by atoms with Crippen molar-refractivity contribution in [2.45, 2.75) is 82.7 Å². The van der Waals surface area contributed by atoms with Gasteiger partial charge in [0, 0.05) is 78.6 Å². The van der Waals surface area contributed by atoms with Crippen molar-refractivity contribution in [2.24, 2.45) is 0 Å². The molecule has 2 fully saturated rings. The molecule has 2 N–H and O–H groups in total. The number of carbonyl (C=O) groups is 5. The first kappa shape index (κ1) is 39.9. The van der Waals surface area contributed by atoms with E-state index < -0.39 is 66.4 Å². The molecule has 0 aliphatic carbocycles. The molecule has 16 heteroatoms. The van der Waals surface area contributed by atoms with E-state index in [1.807, 2.05) is 24.3 Å². The zero-order valence-electron chi connectivity index (χ0n) is 33.6. The van der Waals surface area contributed by atoms with Crippen LogP contribution in [0.4, 0.5) is 17.6 Å². The maximum Gasteiger partial charge on any atom is 0.272 e. The van der Waals surface area contributed by atoms with Gasteiger partial charge in [-0.3, -0.25) is 49.0 Å². The summed E-state index contributed by atoms with van der Waals surface area (Å²) in [6.45, 7) is 3.18. The summed E-state index contributed by atoms with van der Waals surface area (Å²) >= 11 is 0. The second-order valence-corrected chi connectivity index (χ2v) is 16.9. The number of para-hydroxylation sites is 1. The second kappa shape index (κ2) is 15.3. The van der Waals surface area contributed by atoms with Crippen LogP contribution < -0.4 is 5.32 Å². The Labute approximate surface area is 352 Å². The summed E-state index contributed by atoms with van der Waals surface area (Å²) in [6.07, 6.45) is 0.620. The Balaban J connectivity index is 0.799. The Morgan fingerprint density at radius 2 is 1.55 bits per heavy atom. The predicted molar refractivity (Wildman–Crippen MR) is 217 cm³/mol. The summed E-state index contributed by atoms with van der Waals surface area (Å²) < 4.78 is 60.2. The first-order valence-corrected chi connectivity index (χ1v) is 20.8. The molecule has 10 rings (SSSR count). The lowest BCUT2D eigenvalue weighted by atomic mass is 9.87. The van der Waals surface area contributed by atoms with E-state index in [0.717, 1.165) is 32.5 Å². The van der Waals surface area contributed by atoms with Crippen molar-refractivity contribution in [1.29, 1.82) is 0 Å². The number of halogens is 4. The van der Waals surface area contributed by atoms with Crippen LogP contribution in [-0.4, -0.2) is 103 Å². The fraction of sp³-hybridized carbons (Fsp3) is 0.348. The molecule has 12 nitrogen and oxygen atoms in total. The number of likely N-dealkylation sites (tertiary alicyclic amines) is 1. The number of piperidine rings is 2. The third-order valence-corrected chi connectivity index (χ3v) is 13.3. The number of imide groups is 2. The van der Waals surface area contributed by atoms with Crippen LogP contribution >= 0.6 is 0 Å². The highest BCUT2D eigenvalue weighted by molar-refractivity contribution is 6.23. The van der Waals surface area contributed by atoms with E-state index in [4.69, 9.17) is 0 Å². The number of H-pyrrole nitrogens is 1. The van der Waals surface area contributed by atoms with Gasteiger partial charge in [-0.15, -0.1) is 0 Å². The number of fused-ring (bicyclic) bond motifs is 5. The fourth-order valence-electron chi connectivity index (χ4n) is 10.2. The van der Waals surface area contributed by atoms with Crippen LogP contribution in [0.1, 0.15) is 97.8 Å². The predicted octanol–water partition coefficient (Wildman–Crippen LogP) is 6.13. The number of aromatic amines is 1. The largest absolute Gasteiger partial charge is 0.357 e. The van der Waals surface area contributed by atoms with Crippen molar-refractivity contribution in [2.75, 3.05) is 19.6 Å². The molecule has 5 amide bonds. The van der Waals surface area contributed by atoms with Crippen molar-refractivity contribution in [1.82, 2.24) is 34.9 Å². The third kappa shape index (κ3) is 6.67. The van der Waals surface area contributed by atoms with E-state index in [2.05, 4.69) is 20.2 Å². The number of hydrogen-bond acceptors (Lipinski definition) is 8. The molecule has 2 saturated heterocycles. The van der Waals surface area contributed by atoms with E-state index in [1.54, 1.807) is 30.0 Å². The van der Waals surface area contributed by atoms with Gasteiger partial charge in [0.1, 0.15) is 23.4 Å². The normalized spacial score (nSPS) is 22.1.